The first-order chi connectivity index (χ1) is 22.3. The molecule has 0 amide bonds. The summed E-state index contributed by atoms with van der Waals surface area (Å²) >= 11 is 1.87. The fourth-order valence-corrected chi connectivity index (χ4v) is 8.45. The van der Waals surface area contributed by atoms with E-state index in [1.165, 1.54) is 86.3 Å². The van der Waals surface area contributed by atoms with Gasteiger partial charge in [-0.05, 0) is 71.8 Å². The van der Waals surface area contributed by atoms with Gasteiger partial charge in [0.1, 0.15) is 0 Å². The molecule has 0 spiro atoms. The maximum absolute atomic E-state index is 2.42. The highest BCUT2D eigenvalue weighted by Crippen LogP contribution is 2.39. The van der Waals surface area contributed by atoms with Crippen molar-refractivity contribution in [1.82, 2.24) is 9.13 Å². The maximum Gasteiger partial charge on any atom is 0.0541 e. The SMILES string of the molecule is c1cc(-c2ccc3c(c2)c2ccccc2n3-c2ccc3c(c2)sc2ccccc23)cc(-n2c3ccccc3c3ccccc32)c1. The van der Waals surface area contributed by atoms with E-state index in [2.05, 4.69) is 167 Å². The summed E-state index contributed by atoms with van der Waals surface area (Å²) in [6.45, 7) is 0. The van der Waals surface area contributed by atoms with Gasteiger partial charge in [0, 0.05) is 53.1 Å². The van der Waals surface area contributed by atoms with Crippen molar-refractivity contribution >= 4 is 75.1 Å². The maximum atomic E-state index is 2.42. The highest BCUT2D eigenvalue weighted by molar-refractivity contribution is 7.25. The van der Waals surface area contributed by atoms with Crippen LogP contribution in [0.2, 0.25) is 0 Å². The van der Waals surface area contributed by atoms with Gasteiger partial charge in [-0.15, -0.1) is 11.3 Å². The zero-order valence-corrected chi connectivity index (χ0v) is 25.1. The zero-order chi connectivity index (χ0) is 29.5. The lowest BCUT2D eigenvalue weighted by Crippen LogP contribution is -1.94. The molecule has 10 aromatic rings. The molecule has 3 heterocycles. The summed E-state index contributed by atoms with van der Waals surface area (Å²) < 4.78 is 7.47. The van der Waals surface area contributed by atoms with Gasteiger partial charge in [-0.2, -0.15) is 0 Å². The van der Waals surface area contributed by atoms with Crippen LogP contribution in [0.5, 0.6) is 0 Å². The summed E-state index contributed by atoms with van der Waals surface area (Å²) in [5.74, 6) is 0. The first-order valence-corrected chi connectivity index (χ1v) is 16.2. The topological polar surface area (TPSA) is 9.86 Å². The van der Waals surface area contributed by atoms with E-state index in [1.807, 2.05) is 11.3 Å². The monoisotopic (exact) mass is 590 g/mol. The van der Waals surface area contributed by atoms with E-state index < -0.39 is 0 Å². The van der Waals surface area contributed by atoms with Crippen molar-refractivity contribution in [3.63, 3.8) is 0 Å². The van der Waals surface area contributed by atoms with Crippen LogP contribution in [0, 0.1) is 0 Å². The van der Waals surface area contributed by atoms with Crippen molar-refractivity contribution in [1.29, 1.82) is 0 Å². The number of fused-ring (bicyclic) bond motifs is 9. The molecule has 10 rings (SSSR count). The van der Waals surface area contributed by atoms with E-state index in [-0.39, 0.29) is 0 Å². The van der Waals surface area contributed by atoms with Crippen LogP contribution in [0.4, 0.5) is 0 Å². The summed E-state index contributed by atoms with van der Waals surface area (Å²) in [7, 11) is 0. The van der Waals surface area contributed by atoms with Gasteiger partial charge >= 0.3 is 0 Å². The average Bonchev–Trinajstić information content (AvgIpc) is 3.75. The minimum atomic E-state index is 1.17. The van der Waals surface area contributed by atoms with Gasteiger partial charge in [-0.3, -0.25) is 0 Å². The Morgan fingerprint density at radius 3 is 1.56 bits per heavy atom. The van der Waals surface area contributed by atoms with Gasteiger partial charge in [-0.1, -0.05) is 97.1 Å². The molecule has 3 heteroatoms. The van der Waals surface area contributed by atoms with Gasteiger partial charge in [0.2, 0.25) is 0 Å². The lowest BCUT2D eigenvalue weighted by atomic mass is 10.0. The summed E-state index contributed by atoms with van der Waals surface area (Å²) in [6, 6.07) is 57.7. The largest absolute Gasteiger partial charge is 0.309 e. The van der Waals surface area contributed by atoms with Crippen molar-refractivity contribution in [2.24, 2.45) is 0 Å². The van der Waals surface area contributed by atoms with E-state index in [9.17, 15) is 0 Å². The van der Waals surface area contributed by atoms with Crippen molar-refractivity contribution in [3.8, 4) is 22.5 Å². The number of nitrogens with zero attached hydrogens (tertiary/aromatic N) is 2. The predicted molar refractivity (Wildman–Crippen MR) is 193 cm³/mol. The van der Waals surface area contributed by atoms with Crippen molar-refractivity contribution in [3.05, 3.63) is 158 Å². The molecule has 3 aromatic heterocycles. The third-order valence-corrected chi connectivity index (χ3v) is 10.4. The van der Waals surface area contributed by atoms with Crippen LogP contribution in [-0.2, 0) is 0 Å². The van der Waals surface area contributed by atoms with Gasteiger partial charge in [0.05, 0.1) is 22.1 Å². The van der Waals surface area contributed by atoms with Gasteiger partial charge in [0.15, 0.2) is 0 Å². The summed E-state index contributed by atoms with van der Waals surface area (Å²) in [6.07, 6.45) is 0. The van der Waals surface area contributed by atoms with Crippen LogP contribution >= 0.6 is 11.3 Å². The lowest BCUT2D eigenvalue weighted by molar-refractivity contribution is 1.18. The minimum Gasteiger partial charge on any atom is -0.309 e. The Hall–Kier alpha value is -5.64. The summed E-state index contributed by atoms with van der Waals surface area (Å²) in [5, 5.41) is 7.75. The summed E-state index contributed by atoms with van der Waals surface area (Å²) in [4.78, 5) is 0. The fourth-order valence-electron chi connectivity index (χ4n) is 7.31. The Morgan fingerprint density at radius 1 is 0.311 bits per heavy atom. The molecule has 0 aliphatic rings. The molecular formula is C42H26N2S. The van der Waals surface area contributed by atoms with Crippen LogP contribution < -0.4 is 0 Å². The quantitative estimate of drug-likeness (QED) is 0.194. The van der Waals surface area contributed by atoms with Crippen LogP contribution in [0.25, 0.3) is 86.3 Å². The second-order valence-corrected chi connectivity index (χ2v) is 12.9. The third-order valence-electron chi connectivity index (χ3n) is 9.31. The Balaban J connectivity index is 1.15. The molecule has 0 bridgehead atoms. The number of benzene rings is 7. The molecule has 0 saturated carbocycles. The number of aromatic nitrogens is 2. The number of hydrogen-bond acceptors (Lipinski definition) is 1. The highest BCUT2D eigenvalue weighted by Gasteiger charge is 2.16. The number of rotatable bonds is 3. The van der Waals surface area contributed by atoms with Gasteiger partial charge in [0.25, 0.3) is 0 Å². The van der Waals surface area contributed by atoms with Crippen molar-refractivity contribution < 1.29 is 0 Å². The molecule has 0 aliphatic carbocycles. The molecule has 0 N–H and O–H groups in total. The molecule has 0 radical (unpaired) electrons. The standard InChI is InChI=1S/C42H26N2S/c1-5-16-37-31(12-1)32-13-2-6-17-38(32)43(37)29-11-9-10-27(24-29)28-20-23-40-36(25-28)33-14-3-7-18-39(33)44(40)30-21-22-35-34-15-4-8-19-41(34)45-42(35)26-30/h1-26H. The molecule has 0 aliphatic heterocycles. The number of para-hydroxylation sites is 3. The number of hydrogen-bond donors (Lipinski definition) is 0. The molecule has 0 saturated heterocycles. The molecule has 0 atom stereocenters. The molecule has 7 aromatic carbocycles. The second kappa shape index (κ2) is 9.43. The lowest BCUT2D eigenvalue weighted by Gasteiger charge is -2.11. The average molecular weight is 591 g/mol. The minimum absolute atomic E-state index is 1.17. The molecular weight excluding hydrogens is 565 g/mol. The van der Waals surface area contributed by atoms with Crippen LogP contribution in [0.15, 0.2) is 158 Å². The second-order valence-electron chi connectivity index (χ2n) is 11.8. The molecule has 210 valence electrons. The summed E-state index contributed by atoms with van der Waals surface area (Å²) in [5.41, 5.74) is 9.69. The van der Waals surface area contributed by atoms with E-state index in [4.69, 9.17) is 0 Å². The first-order valence-electron chi connectivity index (χ1n) is 15.4. The van der Waals surface area contributed by atoms with Gasteiger partial charge in [-0.25, -0.2) is 0 Å². The van der Waals surface area contributed by atoms with Gasteiger partial charge < -0.3 is 9.13 Å². The van der Waals surface area contributed by atoms with E-state index in [0.29, 0.717) is 0 Å². The predicted octanol–water partition coefficient (Wildman–Crippen LogP) is 11.9. The Bertz CT molecular complexity index is 2720. The highest BCUT2D eigenvalue weighted by atomic mass is 32.1. The van der Waals surface area contributed by atoms with E-state index >= 15 is 0 Å². The fraction of sp³-hybridized carbons (Fsp3) is 0. The van der Waals surface area contributed by atoms with Crippen molar-refractivity contribution in [2.45, 2.75) is 0 Å². The third kappa shape index (κ3) is 3.62. The normalized spacial score (nSPS) is 12.0. The molecule has 0 fully saturated rings. The van der Waals surface area contributed by atoms with Crippen LogP contribution in [-0.4, -0.2) is 9.13 Å². The first kappa shape index (κ1) is 24.8. The van der Waals surface area contributed by atoms with Crippen molar-refractivity contribution in [2.75, 3.05) is 0 Å². The smallest absolute Gasteiger partial charge is 0.0541 e. The van der Waals surface area contributed by atoms with E-state index in [1.54, 1.807) is 0 Å². The number of thiophene rings is 1. The molecule has 2 nitrogen and oxygen atoms in total. The van der Waals surface area contributed by atoms with Crippen LogP contribution in [0.3, 0.4) is 0 Å². The van der Waals surface area contributed by atoms with E-state index in [0.717, 1.165) is 0 Å². The zero-order valence-electron chi connectivity index (χ0n) is 24.3. The molecule has 0 unspecified atom stereocenters. The Kier molecular flexibility index (Phi) is 5.19. The Morgan fingerprint density at radius 2 is 0.844 bits per heavy atom. The van der Waals surface area contributed by atoms with Crippen LogP contribution in [0.1, 0.15) is 0 Å². The molecule has 45 heavy (non-hydrogen) atoms. The Labute approximate surface area is 263 Å².